The van der Waals surface area contributed by atoms with Gasteiger partial charge in [0, 0.05) is 24.8 Å². The average Bonchev–Trinajstić information content (AvgIpc) is 2.46. The van der Waals surface area contributed by atoms with Crippen LogP contribution in [0.1, 0.15) is 17.0 Å². The number of hydrogen-bond donors (Lipinski definition) is 1. The molecule has 1 atom stereocenters. The molecule has 0 spiro atoms. The molecule has 0 heterocycles. The lowest BCUT2D eigenvalue weighted by atomic mass is 9.92. The van der Waals surface area contributed by atoms with Crippen molar-refractivity contribution >= 4 is 23.3 Å². The first kappa shape index (κ1) is 15.4. The zero-order chi connectivity index (χ0) is 15.4. The van der Waals surface area contributed by atoms with Crippen LogP contribution in [-0.2, 0) is 11.2 Å². The van der Waals surface area contributed by atoms with E-state index in [2.05, 4.69) is 0 Å². The first-order valence-electron chi connectivity index (χ1n) is 6.72. The van der Waals surface area contributed by atoms with Gasteiger partial charge in [-0.1, -0.05) is 41.9 Å². The Kier molecular flexibility index (Phi) is 4.86. The van der Waals surface area contributed by atoms with Crippen LogP contribution in [0.4, 0.5) is 5.69 Å². The standard InChI is InChI=1S/C17H18ClNO2/c1-19(2)14-9-7-12(8-10-14)15(17(20)21)11-13-5-3-4-6-16(13)18/h3-10,15H,11H2,1-2H3,(H,20,21). The van der Waals surface area contributed by atoms with Crippen molar-refractivity contribution in [2.45, 2.75) is 12.3 Å². The quantitative estimate of drug-likeness (QED) is 0.913. The van der Waals surface area contributed by atoms with Gasteiger partial charge in [-0.2, -0.15) is 0 Å². The van der Waals surface area contributed by atoms with Gasteiger partial charge in [-0.05, 0) is 35.7 Å². The molecule has 2 aromatic rings. The van der Waals surface area contributed by atoms with Gasteiger partial charge < -0.3 is 10.0 Å². The molecule has 1 unspecified atom stereocenters. The fourth-order valence-corrected chi connectivity index (χ4v) is 2.45. The molecule has 0 aromatic heterocycles. The molecular weight excluding hydrogens is 286 g/mol. The van der Waals surface area contributed by atoms with Crippen LogP contribution >= 0.6 is 11.6 Å². The van der Waals surface area contributed by atoms with E-state index in [-0.39, 0.29) is 0 Å². The zero-order valence-electron chi connectivity index (χ0n) is 12.1. The highest BCUT2D eigenvalue weighted by Gasteiger charge is 2.21. The molecule has 0 bridgehead atoms. The molecule has 1 N–H and O–H groups in total. The Balaban J connectivity index is 2.27. The van der Waals surface area contributed by atoms with Crippen molar-refractivity contribution in [2.75, 3.05) is 19.0 Å². The molecule has 0 amide bonds. The first-order chi connectivity index (χ1) is 9.99. The van der Waals surface area contributed by atoms with Gasteiger partial charge in [0.05, 0.1) is 5.92 Å². The Morgan fingerprint density at radius 3 is 2.29 bits per heavy atom. The van der Waals surface area contributed by atoms with E-state index >= 15 is 0 Å². The highest BCUT2D eigenvalue weighted by molar-refractivity contribution is 6.31. The third-order valence-electron chi connectivity index (χ3n) is 3.49. The minimum atomic E-state index is -0.840. The van der Waals surface area contributed by atoms with E-state index < -0.39 is 11.9 Å². The fraction of sp³-hybridized carbons (Fsp3) is 0.235. The van der Waals surface area contributed by atoms with Crippen LogP contribution in [0.5, 0.6) is 0 Å². The molecule has 2 rings (SSSR count). The van der Waals surface area contributed by atoms with Crippen molar-refractivity contribution in [3.8, 4) is 0 Å². The predicted octanol–water partition coefficient (Wildman–Crippen LogP) is 3.82. The lowest BCUT2D eigenvalue weighted by molar-refractivity contribution is -0.138. The van der Waals surface area contributed by atoms with Crippen LogP contribution in [0.25, 0.3) is 0 Å². The topological polar surface area (TPSA) is 40.5 Å². The van der Waals surface area contributed by atoms with Crippen molar-refractivity contribution in [2.24, 2.45) is 0 Å². The van der Waals surface area contributed by atoms with Gasteiger partial charge in [0.15, 0.2) is 0 Å². The second-order valence-corrected chi connectivity index (χ2v) is 5.58. The lowest BCUT2D eigenvalue weighted by Crippen LogP contribution is -2.15. The van der Waals surface area contributed by atoms with E-state index in [1.54, 1.807) is 6.07 Å². The molecule has 0 saturated heterocycles. The predicted molar refractivity (Wildman–Crippen MR) is 86.3 cm³/mol. The molecule has 0 fully saturated rings. The van der Waals surface area contributed by atoms with Crippen LogP contribution in [0.2, 0.25) is 5.02 Å². The number of carbonyl (C=O) groups is 1. The minimum Gasteiger partial charge on any atom is -0.481 e. The van der Waals surface area contributed by atoms with E-state index in [4.69, 9.17) is 11.6 Å². The number of aliphatic carboxylic acids is 1. The monoisotopic (exact) mass is 303 g/mol. The van der Waals surface area contributed by atoms with E-state index in [9.17, 15) is 9.90 Å². The number of anilines is 1. The highest BCUT2D eigenvalue weighted by Crippen LogP contribution is 2.26. The van der Waals surface area contributed by atoms with Gasteiger partial charge in [0.25, 0.3) is 0 Å². The number of rotatable bonds is 5. The van der Waals surface area contributed by atoms with Crippen molar-refractivity contribution < 1.29 is 9.90 Å². The summed E-state index contributed by atoms with van der Waals surface area (Å²) in [5, 5.41) is 10.1. The summed E-state index contributed by atoms with van der Waals surface area (Å²) in [5.41, 5.74) is 2.68. The fourth-order valence-electron chi connectivity index (χ4n) is 2.24. The van der Waals surface area contributed by atoms with Gasteiger partial charge >= 0.3 is 5.97 Å². The molecule has 2 aromatic carbocycles. The summed E-state index contributed by atoms with van der Waals surface area (Å²) in [6.45, 7) is 0. The maximum Gasteiger partial charge on any atom is 0.311 e. The number of hydrogen-bond acceptors (Lipinski definition) is 2. The third-order valence-corrected chi connectivity index (χ3v) is 3.86. The van der Waals surface area contributed by atoms with Gasteiger partial charge in [0.2, 0.25) is 0 Å². The van der Waals surface area contributed by atoms with Gasteiger partial charge in [-0.25, -0.2) is 0 Å². The molecule has 0 saturated carbocycles. The van der Waals surface area contributed by atoms with Crippen molar-refractivity contribution in [1.29, 1.82) is 0 Å². The molecule has 0 aliphatic rings. The number of halogens is 1. The maximum atomic E-state index is 11.6. The van der Waals surface area contributed by atoms with Crippen molar-refractivity contribution in [1.82, 2.24) is 0 Å². The largest absolute Gasteiger partial charge is 0.481 e. The lowest BCUT2D eigenvalue weighted by Gasteiger charge is -2.16. The summed E-state index contributed by atoms with van der Waals surface area (Å²) in [6, 6.07) is 15.0. The van der Waals surface area contributed by atoms with E-state index in [1.807, 2.05) is 61.5 Å². The number of nitrogens with zero attached hydrogens (tertiary/aromatic N) is 1. The van der Waals surface area contributed by atoms with Crippen LogP contribution in [0, 0.1) is 0 Å². The van der Waals surface area contributed by atoms with E-state index in [0.29, 0.717) is 11.4 Å². The molecule has 4 heteroatoms. The number of carboxylic acids is 1. The van der Waals surface area contributed by atoms with Crippen LogP contribution < -0.4 is 4.90 Å². The minimum absolute atomic E-state index is 0.385. The van der Waals surface area contributed by atoms with Crippen molar-refractivity contribution in [3.63, 3.8) is 0 Å². The zero-order valence-corrected chi connectivity index (χ0v) is 12.8. The average molecular weight is 304 g/mol. The molecule has 0 radical (unpaired) electrons. The number of carboxylic acid groups (broad SMARTS) is 1. The summed E-state index contributed by atoms with van der Waals surface area (Å²) in [7, 11) is 3.90. The Morgan fingerprint density at radius 2 is 1.76 bits per heavy atom. The second-order valence-electron chi connectivity index (χ2n) is 5.17. The number of benzene rings is 2. The Labute approximate surface area is 129 Å². The third kappa shape index (κ3) is 3.76. The smallest absolute Gasteiger partial charge is 0.311 e. The van der Waals surface area contributed by atoms with Crippen LogP contribution in [-0.4, -0.2) is 25.2 Å². The summed E-state index contributed by atoms with van der Waals surface area (Å²) in [6.07, 6.45) is 0.385. The summed E-state index contributed by atoms with van der Waals surface area (Å²) in [4.78, 5) is 13.6. The molecule has 3 nitrogen and oxygen atoms in total. The Morgan fingerprint density at radius 1 is 1.14 bits per heavy atom. The van der Waals surface area contributed by atoms with E-state index in [0.717, 1.165) is 16.8 Å². The molecule has 21 heavy (non-hydrogen) atoms. The summed E-state index contributed by atoms with van der Waals surface area (Å²) >= 11 is 6.13. The molecule has 0 aliphatic heterocycles. The summed E-state index contributed by atoms with van der Waals surface area (Å²) < 4.78 is 0. The Hall–Kier alpha value is -2.00. The van der Waals surface area contributed by atoms with Gasteiger partial charge in [0.1, 0.15) is 0 Å². The van der Waals surface area contributed by atoms with Crippen LogP contribution in [0.3, 0.4) is 0 Å². The van der Waals surface area contributed by atoms with Gasteiger partial charge in [-0.3, -0.25) is 4.79 Å². The van der Waals surface area contributed by atoms with Crippen molar-refractivity contribution in [3.05, 3.63) is 64.7 Å². The SMILES string of the molecule is CN(C)c1ccc(C(Cc2ccccc2Cl)C(=O)O)cc1. The first-order valence-corrected chi connectivity index (χ1v) is 7.10. The highest BCUT2D eigenvalue weighted by atomic mass is 35.5. The molecule has 110 valence electrons. The molecule has 0 aliphatic carbocycles. The van der Waals surface area contributed by atoms with E-state index in [1.165, 1.54) is 0 Å². The normalized spacial score (nSPS) is 12.0. The van der Waals surface area contributed by atoms with Gasteiger partial charge in [-0.15, -0.1) is 0 Å². The summed E-state index contributed by atoms with van der Waals surface area (Å²) in [5.74, 6) is -1.44. The Bertz CT molecular complexity index is 623. The maximum absolute atomic E-state index is 11.6. The molecular formula is C17H18ClNO2. The van der Waals surface area contributed by atoms with Crippen LogP contribution in [0.15, 0.2) is 48.5 Å². The second kappa shape index (κ2) is 6.64.